The normalized spacial score (nSPS) is 13.3. The molecule has 0 radical (unpaired) electrons. The van der Waals surface area contributed by atoms with Crippen molar-refractivity contribution in [1.82, 2.24) is 9.97 Å². The molecule has 6 aromatic carbocycles. The lowest BCUT2D eigenvalue weighted by Crippen LogP contribution is -2.14. The van der Waals surface area contributed by atoms with E-state index >= 15 is 0 Å². The van der Waals surface area contributed by atoms with Gasteiger partial charge in [-0.3, -0.25) is 9.97 Å². The van der Waals surface area contributed by atoms with Crippen LogP contribution >= 0.6 is 0 Å². The molecule has 2 aromatic heterocycles. The van der Waals surface area contributed by atoms with Gasteiger partial charge >= 0.3 is 0 Å². The molecule has 0 amide bonds. The monoisotopic (exact) mass is 574 g/mol. The van der Waals surface area contributed by atoms with E-state index in [4.69, 9.17) is 4.98 Å². The summed E-state index contributed by atoms with van der Waals surface area (Å²) in [6, 6.07) is 48.5. The molecule has 9 rings (SSSR count). The molecule has 2 nitrogen and oxygen atoms in total. The Morgan fingerprint density at radius 3 is 1.96 bits per heavy atom. The molecule has 0 unspecified atom stereocenters. The van der Waals surface area contributed by atoms with Gasteiger partial charge in [0.25, 0.3) is 0 Å². The van der Waals surface area contributed by atoms with Gasteiger partial charge in [-0.05, 0) is 108 Å². The van der Waals surface area contributed by atoms with Crippen molar-refractivity contribution in [3.63, 3.8) is 0 Å². The Hall–Kier alpha value is -5.60. The topological polar surface area (TPSA) is 25.8 Å². The van der Waals surface area contributed by atoms with Crippen LogP contribution in [0.15, 0.2) is 146 Å². The maximum Gasteiger partial charge on any atom is 0.0717 e. The maximum atomic E-state index is 5.10. The molecule has 0 saturated carbocycles. The van der Waals surface area contributed by atoms with E-state index in [0.29, 0.717) is 0 Å². The van der Waals surface area contributed by atoms with Gasteiger partial charge in [-0.15, -0.1) is 0 Å². The predicted octanol–water partition coefficient (Wildman–Crippen LogP) is 11.2. The molecule has 0 fully saturated rings. The first-order chi connectivity index (χ1) is 22.1. The van der Waals surface area contributed by atoms with E-state index in [9.17, 15) is 0 Å². The summed E-state index contributed by atoms with van der Waals surface area (Å²) in [6.07, 6.45) is 3.79. The molecule has 8 aromatic rings. The van der Waals surface area contributed by atoms with Gasteiger partial charge in [-0.25, -0.2) is 0 Å². The molecule has 0 atom stereocenters. The number of nitrogens with zero attached hydrogens (tertiary/aromatic N) is 2. The summed E-state index contributed by atoms with van der Waals surface area (Å²) < 4.78 is 0. The standard InChI is InChI=1S/C43H30N2/c1-43(2)37-16-8-7-13-31(37)34-24-35-36(25-38(34)43)41(29-19-18-27-11-3-4-12-28(27)23-29)32-14-5-6-15-33(32)42(35)40-21-20-30(26-45-40)39-17-9-10-22-44-39/h3-26H,1-2H3. The number of benzene rings is 6. The van der Waals surface area contributed by atoms with Crippen LogP contribution in [-0.2, 0) is 5.41 Å². The Morgan fingerprint density at radius 2 is 1.16 bits per heavy atom. The molecule has 0 N–H and O–H groups in total. The summed E-state index contributed by atoms with van der Waals surface area (Å²) >= 11 is 0. The Labute approximate surface area is 262 Å². The van der Waals surface area contributed by atoms with Gasteiger partial charge < -0.3 is 0 Å². The minimum atomic E-state index is -0.102. The minimum Gasteiger partial charge on any atom is -0.256 e. The second-order valence-corrected chi connectivity index (χ2v) is 12.6. The zero-order chi connectivity index (χ0) is 30.1. The van der Waals surface area contributed by atoms with E-state index in [-0.39, 0.29) is 5.41 Å². The van der Waals surface area contributed by atoms with Crippen LogP contribution < -0.4 is 0 Å². The Balaban J connectivity index is 1.40. The smallest absolute Gasteiger partial charge is 0.0717 e. The van der Waals surface area contributed by atoms with Crippen molar-refractivity contribution in [2.45, 2.75) is 19.3 Å². The number of aromatic nitrogens is 2. The summed E-state index contributed by atoms with van der Waals surface area (Å²) in [6.45, 7) is 4.72. The van der Waals surface area contributed by atoms with Gasteiger partial charge in [0.05, 0.1) is 11.4 Å². The quantitative estimate of drug-likeness (QED) is 0.196. The summed E-state index contributed by atoms with van der Waals surface area (Å²) in [4.78, 5) is 9.65. The van der Waals surface area contributed by atoms with Crippen LogP contribution in [-0.4, -0.2) is 9.97 Å². The molecule has 212 valence electrons. The van der Waals surface area contributed by atoms with Gasteiger partial charge in [0.15, 0.2) is 0 Å². The molecule has 1 aliphatic rings. The molecule has 0 saturated heterocycles. The number of hydrogen-bond acceptors (Lipinski definition) is 2. The van der Waals surface area contributed by atoms with Gasteiger partial charge in [-0.2, -0.15) is 0 Å². The molecular formula is C43H30N2. The highest BCUT2D eigenvalue weighted by atomic mass is 14.7. The highest BCUT2D eigenvalue weighted by Crippen LogP contribution is 2.53. The van der Waals surface area contributed by atoms with Crippen molar-refractivity contribution >= 4 is 32.3 Å². The lowest BCUT2D eigenvalue weighted by atomic mass is 9.80. The zero-order valence-electron chi connectivity index (χ0n) is 25.3. The molecule has 45 heavy (non-hydrogen) atoms. The molecule has 2 heterocycles. The van der Waals surface area contributed by atoms with Crippen molar-refractivity contribution in [3.05, 3.63) is 157 Å². The Morgan fingerprint density at radius 1 is 0.444 bits per heavy atom. The average Bonchev–Trinajstić information content (AvgIpc) is 3.32. The Bertz CT molecular complexity index is 2440. The van der Waals surface area contributed by atoms with Crippen LogP contribution in [0.5, 0.6) is 0 Å². The zero-order valence-corrected chi connectivity index (χ0v) is 25.3. The fraction of sp³-hybridized carbons (Fsp3) is 0.0698. The van der Waals surface area contributed by atoms with E-state index in [1.807, 2.05) is 30.6 Å². The molecule has 1 aliphatic carbocycles. The van der Waals surface area contributed by atoms with E-state index in [1.54, 1.807) is 0 Å². The highest BCUT2D eigenvalue weighted by Gasteiger charge is 2.36. The first kappa shape index (κ1) is 25.9. The van der Waals surface area contributed by atoms with Crippen LogP contribution in [0.1, 0.15) is 25.0 Å². The summed E-state index contributed by atoms with van der Waals surface area (Å²) in [5, 5.41) is 7.42. The van der Waals surface area contributed by atoms with Crippen LogP contribution in [0, 0.1) is 0 Å². The Kier molecular flexibility index (Phi) is 5.58. The SMILES string of the molecule is CC1(C)c2ccccc2-c2cc3c(-c4ccc(-c5ccccn5)cn4)c4ccccc4c(-c4ccc5ccccc5c4)c3cc21. The third-order valence-corrected chi connectivity index (χ3v) is 9.74. The lowest BCUT2D eigenvalue weighted by Gasteiger charge is -2.23. The average molecular weight is 575 g/mol. The van der Waals surface area contributed by atoms with Crippen molar-refractivity contribution in [1.29, 1.82) is 0 Å². The van der Waals surface area contributed by atoms with E-state index in [0.717, 1.165) is 17.0 Å². The number of hydrogen-bond donors (Lipinski definition) is 0. The molecular weight excluding hydrogens is 544 g/mol. The first-order valence-electron chi connectivity index (χ1n) is 15.6. The fourth-order valence-electron chi connectivity index (χ4n) is 7.53. The third-order valence-electron chi connectivity index (χ3n) is 9.74. The van der Waals surface area contributed by atoms with Crippen molar-refractivity contribution in [3.8, 4) is 44.8 Å². The highest BCUT2D eigenvalue weighted by molar-refractivity contribution is 6.22. The number of rotatable bonds is 3. The van der Waals surface area contributed by atoms with Crippen molar-refractivity contribution in [2.24, 2.45) is 0 Å². The maximum absolute atomic E-state index is 5.10. The number of fused-ring (bicyclic) bond motifs is 6. The molecule has 0 spiro atoms. The first-order valence-corrected chi connectivity index (χ1v) is 15.6. The largest absolute Gasteiger partial charge is 0.256 e. The van der Waals surface area contributed by atoms with Crippen LogP contribution in [0.4, 0.5) is 0 Å². The minimum absolute atomic E-state index is 0.102. The molecule has 0 bridgehead atoms. The van der Waals surface area contributed by atoms with E-state index in [1.165, 1.54) is 71.3 Å². The third kappa shape index (κ3) is 3.89. The summed E-state index contributed by atoms with van der Waals surface area (Å²) in [5.41, 5.74) is 11.9. The van der Waals surface area contributed by atoms with Crippen molar-refractivity contribution in [2.75, 3.05) is 0 Å². The van der Waals surface area contributed by atoms with E-state index in [2.05, 4.69) is 134 Å². The summed E-state index contributed by atoms with van der Waals surface area (Å²) in [5.74, 6) is 0. The predicted molar refractivity (Wildman–Crippen MR) is 188 cm³/mol. The van der Waals surface area contributed by atoms with Gasteiger partial charge in [0, 0.05) is 28.9 Å². The van der Waals surface area contributed by atoms with E-state index < -0.39 is 0 Å². The number of pyridine rings is 2. The van der Waals surface area contributed by atoms with Crippen molar-refractivity contribution < 1.29 is 0 Å². The fourth-order valence-corrected chi connectivity index (χ4v) is 7.53. The second kappa shape index (κ2) is 9.70. The van der Waals surface area contributed by atoms with Gasteiger partial charge in [0.1, 0.15) is 0 Å². The van der Waals surface area contributed by atoms with Crippen LogP contribution in [0.2, 0.25) is 0 Å². The van der Waals surface area contributed by atoms with Crippen LogP contribution in [0.3, 0.4) is 0 Å². The van der Waals surface area contributed by atoms with Crippen LogP contribution in [0.25, 0.3) is 77.1 Å². The van der Waals surface area contributed by atoms with Gasteiger partial charge in [-0.1, -0.05) is 105 Å². The molecule has 0 aliphatic heterocycles. The van der Waals surface area contributed by atoms with Gasteiger partial charge in [0.2, 0.25) is 0 Å². The second-order valence-electron chi connectivity index (χ2n) is 12.6. The molecule has 2 heteroatoms. The lowest BCUT2D eigenvalue weighted by molar-refractivity contribution is 0.661. The summed E-state index contributed by atoms with van der Waals surface area (Å²) in [7, 11) is 0.